The van der Waals surface area contributed by atoms with Gasteiger partial charge in [-0.1, -0.05) is 17.7 Å². The lowest BCUT2D eigenvalue weighted by Gasteiger charge is -2.35. The summed E-state index contributed by atoms with van der Waals surface area (Å²) in [4.78, 5) is 1.12. The number of rotatable bonds is 3. The molecule has 4 nitrogen and oxygen atoms in total. The number of anilines is 1. The molecule has 2 aromatic rings. The highest BCUT2D eigenvalue weighted by molar-refractivity contribution is 7.89. The third kappa shape index (κ3) is 3.24. The van der Waals surface area contributed by atoms with Crippen LogP contribution in [0.1, 0.15) is 0 Å². The van der Waals surface area contributed by atoms with Crippen molar-refractivity contribution in [3.05, 3.63) is 59.1 Å². The van der Waals surface area contributed by atoms with E-state index < -0.39 is 26.6 Å². The molecule has 0 radical (unpaired) electrons. The fourth-order valence-electron chi connectivity index (χ4n) is 2.70. The third-order valence-corrected chi connectivity index (χ3v) is 6.15. The number of hydrogen-bond donors (Lipinski definition) is 0. The average molecular weight is 373 g/mol. The summed E-state index contributed by atoms with van der Waals surface area (Å²) in [6.45, 7) is 1.16. The van der Waals surface area contributed by atoms with Gasteiger partial charge in [-0.05, 0) is 36.4 Å². The maximum atomic E-state index is 13.8. The summed E-state index contributed by atoms with van der Waals surface area (Å²) in [6.07, 6.45) is 0. The number of piperazine rings is 1. The number of halogens is 3. The Kier molecular flexibility index (Phi) is 4.76. The minimum absolute atomic E-state index is 0.152. The van der Waals surface area contributed by atoms with Gasteiger partial charge < -0.3 is 4.90 Å². The van der Waals surface area contributed by atoms with Gasteiger partial charge in [0, 0.05) is 36.9 Å². The van der Waals surface area contributed by atoms with Crippen LogP contribution in [0.5, 0.6) is 0 Å². The van der Waals surface area contributed by atoms with Crippen LogP contribution in [0.3, 0.4) is 0 Å². The predicted molar refractivity (Wildman–Crippen MR) is 88.8 cm³/mol. The van der Waals surface area contributed by atoms with Crippen LogP contribution in [-0.4, -0.2) is 38.9 Å². The van der Waals surface area contributed by atoms with Crippen molar-refractivity contribution < 1.29 is 17.2 Å². The lowest BCUT2D eigenvalue weighted by Crippen LogP contribution is -2.49. The monoisotopic (exact) mass is 372 g/mol. The Hall–Kier alpha value is -1.70. The summed E-state index contributed by atoms with van der Waals surface area (Å²) in [6, 6.07) is 10.2. The van der Waals surface area contributed by atoms with Gasteiger partial charge in [0.05, 0.1) is 0 Å². The van der Waals surface area contributed by atoms with E-state index in [0.29, 0.717) is 18.1 Å². The summed E-state index contributed by atoms with van der Waals surface area (Å²) in [5.74, 6) is -2.15. The molecule has 0 aromatic heterocycles. The highest BCUT2D eigenvalue weighted by Crippen LogP contribution is 2.25. The molecule has 0 bridgehead atoms. The smallest absolute Gasteiger partial charge is 0.249 e. The Bertz CT molecular complexity index is 815. The van der Waals surface area contributed by atoms with E-state index in [1.807, 2.05) is 17.0 Å². The predicted octanol–water partition coefficient (Wildman–Crippen LogP) is 3.13. The van der Waals surface area contributed by atoms with Gasteiger partial charge in [-0.2, -0.15) is 4.31 Å². The molecule has 128 valence electrons. The van der Waals surface area contributed by atoms with Crippen LogP contribution >= 0.6 is 11.6 Å². The van der Waals surface area contributed by atoms with E-state index in [1.54, 1.807) is 12.1 Å². The van der Waals surface area contributed by atoms with Crippen LogP contribution in [0.15, 0.2) is 47.4 Å². The second-order valence-electron chi connectivity index (χ2n) is 5.42. The first-order valence-electron chi connectivity index (χ1n) is 7.34. The minimum atomic E-state index is -4.20. The minimum Gasteiger partial charge on any atom is -0.369 e. The van der Waals surface area contributed by atoms with E-state index >= 15 is 0 Å². The van der Waals surface area contributed by atoms with E-state index in [9.17, 15) is 17.2 Å². The van der Waals surface area contributed by atoms with E-state index in [-0.39, 0.29) is 13.1 Å². The molecular weight excluding hydrogens is 358 g/mol. The number of sulfonamides is 1. The second-order valence-corrected chi connectivity index (χ2v) is 7.73. The fourth-order valence-corrected chi connectivity index (χ4v) is 4.35. The Balaban J connectivity index is 1.77. The molecule has 1 fully saturated rings. The van der Waals surface area contributed by atoms with Gasteiger partial charge >= 0.3 is 0 Å². The summed E-state index contributed by atoms with van der Waals surface area (Å²) >= 11 is 5.85. The van der Waals surface area contributed by atoms with Gasteiger partial charge in [0.1, 0.15) is 11.6 Å². The van der Waals surface area contributed by atoms with Crippen molar-refractivity contribution in [2.75, 3.05) is 31.1 Å². The molecular formula is C16H15ClF2N2O2S. The van der Waals surface area contributed by atoms with Crippen molar-refractivity contribution in [2.45, 2.75) is 4.90 Å². The quantitative estimate of drug-likeness (QED) is 0.831. The molecule has 0 unspecified atom stereocenters. The molecule has 0 spiro atoms. The highest BCUT2D eigenvalue weighted by Gasteiger charge is 2.33. The Morgan fingerprint density at radius 3 is 1.96 bits per heavy atom. The molecule has 8 heteroatoms. The molecule has 24 heavy (non-hydrogen) atoms. The van der Waals surface area contributed by atoms with E-state index in [0.717, 1.165) is 28.2 Å². The largest absolute Gasteiger partial charge is 0.369 e. The van der Waals surface area contributed by atoms with Gasteiger partial charge in [-0.15, -0.1) is 0 Å². The molecule has 0 atom stereocenters. The summed E-state index contributed by atoms with van der Waals surface area (Å²) in [5.41, 5.74) is 0.925. The number of hydrogen-bond acceptors (Lipinski definition) is 3. The molecule has 0 aliphatic carbocycles. The maximum absolute atomic E-state index is 13.8. The summed E-state index contributed by atoms with van der Waals surface area (Å²) in [7, 11) is -4.20. The van der Waals surface area contributed by atoms with Gasteiger partial charge in [0.25, 0.3) is 0 Å². The Labute approximate surface area is 144 Å². The molecule has 0 N–H and O–H groups in total. The van der Waals surface area contributed by atoms with Crippen molar-refractivity contribution >= 4 is 27.3 Å². The zero-order chi connectivity index (χ0) is 17.3. The molecule has 0 saturated carbocycles. The highest BCUT2D eigenvalue weighted by atomic mass is 35.5. The topological polar surface area (TPSA) is 40.6 Å². The van der Waals surface area contributed by atoms with Gasteiger partial charge in [0.15, 0.2) is 4.90 Å². The average Bonchev–Trinajstić information content (AvgIpc) is 2.55. The molecule has 1 heterocycles. The van der Waals surface area contributed by atoms with Crippen LogP contribution < -0.4 is 4.90 Å². The van der Waals surface area contributed by atoms with Crippen molar-refractivity contribution in [3.8, 4) is 0 Å². The molecule has 1 aliphatic rings. The van der Waals surface area contributed by atoms with Crippen LogP contribution in [0.25, 0.3) is 0 Å². The number of nitrogens with zero attached hydrogens (tertiary/aromatic N) is 2. The SMILES string of the molecule is O=S(=O)(c1c(F)cccc1F)N1CCN(c2ccc(Cl)cc2)CC1. The first-order valence-corrected chi connectivity index (χ1v) is 9.16. The zero-order valence-corrected chi connectivity index (χ0v) is 14.2. The van der Waals surface area contributed by atoms with Crippen molar-refractivity contribution in [2.24, 2.45) is 0 Å². The van der Waals surface area contributed by atoms with E-state index in [2.05, 4.69) is 0 Å². The number of benzene rings is 2. The fraction of sp³-hybridized carbons (Fsp3) is 0.250. The van der Waals surface area contributed by atoms with Gasteiger partial charge in [0.2, 0.25) is 10.0 Å². The molecule has 1 saturated heterocycles. The maximum Gasteiger partial charge on any atom is 0.249 e. The Morgan fingerprint density at radius 2 is 1.42 bits per heavy atom. The van der Waals surface area contributed by atoms with Crippen molar-refractivity contribution in [3.63, 3.8) is 0 Å². The molecule has 2 aromatic carbocycles. The second kappa shape index (κ2) is 6.66. The van der Waals surface area contributed by atoms with Crippen molar-refractivity contribution in [1.29, 1.82) is 0 Å². The lowest BCUT2D eigenvalue weighted by molar-refractivity contribution is 0.378. The van der Waals surface area contributed by atoms with E-state index in [1.165, 1.54) is 0 Å². The van der Waals surface area contributed by atoms with E-state index in [4.69, 9.17) is 11.6 Å². The normalized spacial score (nSPS) is 16.4. The Morgan fingerprint density at radius 1 is 0.875 bits per heavy atom. The summed E-state index contributed by atoms with van der Waals surface area (Å²) in [5, 5.41) is 0.620. The van der Waals surface area contributed by atoms with Gasteiger partial charge in [-0.25, -0.2) is 17.2 Å². The van der Waals surface area contributed by atoms with Crippen LogP contribution in [0, 0.1) is 11.6 Å². The van der Waals surface area contributed by atoms with Crippen LogP contribution in [-0.2, 0) is 10.0 Å². The van der Waals surface area contributed by atoms with Crippen LogP contribution in [0.4, 0.5) is 14.5 Å². The van der Waals surface area contributed by atoms with Crippen molar-refractivity contribution in [1.82, 2.24) is 4.31 Å². The molecule has 0 amide bonds. The third-order valence-electron chi connectivity index (χ3n) is 3.95. The first-order chi connectivity index (χ1) is 11.4. The van der Waals surface area contributed by atoms with Gasteiger partial charge in [-0.3, -0.25) is 0 Å². The molecule has 1 aliphatic heterocycles. The summed E-state index contributed by atoms with van der Waals surface area (Å²) < 4.78 is 53.8. The zero-order valence-electron chi connectivity index (χ0n) is 12.6. The standard InChI is InChI=1S/C16H15ClF2N2O2S/c17-12-4-6-13(7-5-12)20-8-10-21(11-9-20)24(22,23)16-14(18)2-1-3-15(16)19/h1-7H,8-11H2. The first kappa shape index (κ1) is 17.1. The van der Waals surface area contributed by atoms with Crippen LogP contribution in [0.2, 0.25) is 5.02 Å². The molecule has 3 rings (SSSR count). The lowest BCUT2D eigenvalue weighted by atomic mass is 10.2.